The van der Waals surface area contributed by atoms with E-state index in [4.69, 9.17) is 0 Å². The fraction of sp³-hybridized carbons (Fsp3) is 0.111. The fourth-order valence-corrected chi connectivity index (χ4v) is 1.54. The lowest BCUT2D eigenvalue weighted by molar-refractivity contribution is -0.0504. The third-order valence-corrected chi connectivity index (χ3v) is 2.72. The quantitative estimate of drug-likeness (QED) is 0.631. The minimum atomic E-state index is -2.99. The summed E-state index contributed by atoms with van der Waals surface area (Å²) in [5, 5.41) is 0. The van der Waals surface area contributed by atoms with Gasteiger partial charge in [0.2, 0.25) is 0 Å². The van der Waals surface area contributed by atoms with Gasteiger partial charge in [-0.2, -0.15) is 8.78 Å². The molecule has 15 heavy (non-hydrogen) atoms. The molecule has 0 aliphatic rings. The molecule has 0 aliphatic carbocycles. The number of benzene rings is 1. The summed E-state index contributed by atoms with van der Waals surface area (Å²) >= 11 is 1.70. The van der Waals surface area contributed by atoms with Gasteiger partial charge in [-0.25, -0.2) is 0 Å². The number of aldehydes is 2. The SMILES string of the molecule is O=Cc1cc(C=O)c(I)c(OC(F)F)c1. The Hall–Kier alpha value is -1.05. The maximum Gasteiger partial charge on any atom is 0.387 e. The molecular formula is C9H5F2IO3. The molecule has 0 bridgehead atoms. The van der Waals surface area contributed by atoms with Crippen molar-refractivity contribution >= 4 is 35.2 Å². The smallest absolute Gasteiger partial charge is 0.387 e. The zero-order valence-corrected chi connectivity index (χ0v) is 9.40. The Balaban J connectivity index is 3.23. The number of carbonyl (C=O) groups excluding carboxylic acids is 2. The van der Waals surface area contributed by atoms with Crippen LogP contribution in [0.1, 0.15) is 20.7 Å². The lowest BCUT2D eigenvalue weighted by Crippen LogP contribution is -2.05. The normalized spacial score (nSPS) is 10.1. The minimum Gasteiger partial charge on any atom is -0.434 e. The molecule has 0 atom stereocenters. The van der Waals surface area contributed by atoms with Crippen LogP contribution in [0.3, 0.4) is 0 Å². The van der Waals surface area contributed by atoms with Crippen molar-refractivity contribution in [1.82, 2.24) is 0 Å². The Morgan fingerprint density at radius 3 is 2.40 bits per heavy atom. The molecule has 80 valence electrons. The average molecular weight is 326 g/mol. The van der Waals surface area contributed by atoms with Gasteiger partial charge in [0.15, 0.2) is 6.29 Å². The lowest BCUT2D eigenvalue weighted by atomic mass is 10.1. The summed E-state index contributed by atoms with van der Waals surface area (Å²) in [6, 6.07) is 2.47. The molecule has 0 radical (unpaired) electrons. The van der Waals surface area contributed by atoms with E-state index in [1.54, 1.807) is 22.6 Å². The van der Waals surface area contributed by atoms with Crippen LogP contribution < -0.4 is 4.74 Å². The van der Waals surface area contributed by atoms with E-state index in [0.717, 1.165) is 6.07 Å². The first kappa shape index (κ1) is 12.0. The van der Waals surface area contributed by atoms with Gasteiger partial charge in [0.25, 0.3) is 0 Å². The van der Waals surface area contributed by atoms with Crippen LogP contribution in [0.2, 0.25) is 0 Å². The highest BCUT2D eigenvalue weighted by molar-refractivity contribution is 14.1. The first-order valence-corrected chi connectivity index (χ1v) is 4.85. The van der Waals surface area contributed by atoms with Gasteiger partial charge in [0.05, 0.1) is 3.57 Å². The molecule has 0 spiro atoms. The number of hydrogen-bond donors (Lipinski definition) is 0. The van der Waals surface area contributed by atoms with Crippen molar-refractivity contribution < 1.29 is 23.1 Å². The first-order valence-electron chi connectivity index (χ1n) is 3.77. The van der Waals surface area contributed by atoms with Crippen molar-refractivity contribution in [3.8, 4) is 5.75 Å². The van der Waals surface area contributed by atoms with E-state index in [0.29, 0.717) is 12.6 Å². The molecule has 0 aromatic heterocycles. The molecule has 0 saturated carbocycles. The van der Waals surface area contributed by atoms with Gasteiger partial charge in [-0.1, -0.05) is 0 Å². The van der Waals surface area contributed by atoms with Crippen molar-refractivity contribution in [2.45, 2.75) is 6.61 Å². The third-order valence-electron chi connectivity index (χ3n) is 1.57. The monoisotopic (exact) mass is 326 g/mol. The molecule has 1 aromatic carbocycles. The number of carbonyl (C=O) groups is 2. The van der Waals surface area contributed by atoms with Gasteiger partial charge >= 0.3 is 6.61 Å². The Morgan fingerprint density at radius 2 is 1.93 bits per heavy atom. The van der Waals surface area contributed by atoms with E-state index in [1.807, 2.05) is 0 Å². The minimum absolute atomic E-state index is 0.119. The molecule has 3 nitrogen and oxygen atoms in total. The summed E-state index contributed by atoms with van der Waals surface area (Å²) in [5.41, 5.74) is 0.268. The Bertz CT molecular complexity index is 393. The second-order valence-electron chi connectivity index (χ2n) is 2.54. The number of alkyl halides is 2. The highest BCUT2D eigenvalue weighted by Crippen LogP contribution is 2.26. The van der Waals surface area contributed by atoms with E-state index in [-0.39, 0.29) is 20.4 Å². The van der Waals surface area contributed by atoms with Gasteiger partial charge in [-0.15, -0.1) is 0 Å². The average Bonchev–Trinajstić information content (AvgIpc) is 2.20. The molecule has 0 saturated heterocycles. The maximum atomic E-state index is 12.0. The summed E-state index contributed by atoms with van der Waals surface area (Å²) in [6.45, 7) is -2.99. The van der Waals surface area contributed by atoms with E-state index >= 15 is 0 Å². The van der Waals surface area contributed by atoms with E-state index in [2.05, 4.69) is 4.74 Å². The zero-order chi connectivity index (χ0) is 11.4. The molecule has 0 unspecified atom stereocenters. The number of hydrogen-bond acceptors (Lipinski definition) is 3. The number of rotatable bonds is 4. The predicted molar refractivity (Wildman–Crippen MR) is 56.6 cm³/mol. The molecule has 0 aliphatic heterocycles. The maximum absolute atomic E-state index is 12.0. The van der Waals surface area contributed by atoms with Crippen molar-refractivity contribution in [2.24, 2.45) is 0 Å². The molecule has 0 heterocycles. The molecular weight excluding hydrogens is 321 g/mol. The van der Waals surface area contributed by atoms with Gasteiger partial charge in [-0.05, 0) is 34.7 Å². The van der Waals surface area contributed by atoms with Crippen LogP contribution in [0, 0.1) is 3.57 Å². The van der Waals surface area contributed by atoms with E-state index in [9.17, 15) is 18.4 Å². The van der Waals surface area contributed by atoms with Crippen molar-refractivity contribution in [2.75, 3.05) is 0 Å². The predicted octanol–water partition coefficient (Wildman–Crippen LogP) is 2.52. The fourth-order valence-electron chi connectivity index (χ4n) is 0.977. The van der Waals surface area contributed by atoms with Crippen molar-refractivity contribution in [3.05, 3.63) is 26.8 Å². The molecule has 1 aromatic rings. The standard InChI is InChI=1S/C9H5F2IO3/c10-9(11)15-7-2-5(3-13)1-6(4-14)8(7)12/h1-4,9H. The van der Waals surface area contributed by atoms with Gasteiger partial charge in [0.1, 0.15) is 12.0 Å². The Kier molecular flexibility index (Phi) is 4.13. The molecule has 0 N–H and O–H groups in total. The van der Waals surface area contributed by atoms with Crippen LogP contribution in [0.4, 0.5) is 8.78 Å². The summed E-state index contributed by atoms with van der Waals surface area (Å²) in [5.74, 6) is -0.169. The van der Waals surface area contributed by atoms with Crippen LogP contribution in [0.5, 0.6) is 5.75 Å². The van der Waals surface area contributed by atoms with Crippen LogP contribution in [-0.2, 0) is 0 Å². The highest BCUT2D eigenvalue weighted by atomic mass is 127. The van der Waals surface area contributed by atoms with E-state index in [1.165, 1.54) is 6.07 Å². The second-order valence-corrected chi connectivity index (χ2v) is 3.62. The van der Waals surface area contributed by atoms with Crippen LogP contribution >= 0.6 is 22.6 Å². The number of ether oxygens (including phenoxy) is 1. The summed E-state index contributed by atoms with van der Waals surface area (Å²) in [6.07, 6.45) is 0.939. The van der Waals surface area contributed by atoms with Crippen LogP contribution in [0.15, 0.2) is 12.1 Å². The summed E-state index contributed by atoms with van der Waals surface area (Å²) in [4.78, 5) is 21.0. The summed E-state index contributed by atoms with van der Waals surface area (Å²) in [7, 11) is 0. The lowest BCUT2D eigenvalue weighted by Gasteiger charge is -2.08. The second kappa shape index (κ2) is 5.15. The Morgan fingerprint density at radius 1 is 1.27 bits per heavy atom. The summed E-state index contributed by atoms with van der Waals surface area (Å²) < 4.78 is 28.4. The van der Waals surface area contributed by atoms with Crippen LogP contribution in [0.25, 0.3) is 0 Å². The zero-order valence-electron chi connectivity index (χ0n) is 7.25. The first-order chi connectivity index (χ1) is 7.08. The molecule has 1 rings (SSSR count). The van der Waals surface area contributed by atoms with E-state index < -0.39 is 6.61 Å². The van der Waals surface area contributed by atoms with Gasteiger partial charge in [0, 0.05) is 11.1 Å². The Labute approximate surface area is 97.6 Å². The third kappa shape index (κ3) is 2.95. The van der Waals surface area contributed by atoms with Gasteiger partial charge < -0.3 is 4.74 Å². The topological polar surface area (TPSA) is 43.4 Å². The molecule has 6 heteroatoms. The van der Waals surface area contributed by atoms with Gasteiger partial charge in [-0.3, -0.25) is 9.59 Å². The van der Waals surface area contributed by atoms with Crippen LogP contribution in [-0.4, -0.2) is 19.2 Å². The number of halogens is 3. The van der Waals surface area contributed by atoms with Crippen molar-refractivity contribution in [3.63, 3.8) is 0 Å². The highest BCUT2D eigenvalue weighted by Gasteiger charge is 2.13. The molecule has 0 amide bonds. The van der Waals surface area contributed by atoms with Crippen molar-refractivity contribution in [1.29, 1.82) is 0 Å². The largest absolute Gasteiger partial charge is 0.434 e. The molecule has 0 fully saturated rings.